The lowest BCUT2D eigenvalue weighted by atomic mass is 9.84. The van der Waals surface area contributed by atoms with E-state index in [1.165, 1.54) is 0 Å². The average molecular weight is 329 g/mol. The van der Waals surface area contributed by atoms with Crippen LogP contribution in [0.1, 0.15) is 29.9 Å². The summed E-state index contributed by atoms with van der Waals surface area (Å²) in [5.41, 5.74) is 2.06. The monoisotopic (exact) mass is 329 g/mol. The minimum Gasteiger partial charge on any atom is -0.373 e. The summed E-state index contributed by atoms with van der Waals surface area (Å²) >= 11 is 0. The van der Waals surface area contributed by atoms with E-state index in [0.717, 1.165) is 56.1 Å². The summed E-state index contributed by atoms with van der Waals surface area (Å²) in [5.74, 6) is 0.859. The highest BCUT2D eigenvalue weighted by Crippen LogP contribution is 2.36. The van der Waals surface area contributed by atoms with Crippen LogP contribution in [0.5, 0.6) is 0 Å². The molecule has 0 aliphatic carbocycles. The molecular formula is C18H23N3O3. The maximum Gasteiger partial charge on any atom is 0.133 e. The van der Waals surface area contributed by atoms with Gasteiger partial charge in [-0.3, -0.25) is 9.88 Å². The van der Waals surface area contributed by atoms with E-state index in [-0.39, 0.29) is 11.7 Å². The zero-order valence-electron chi connectivity index (χ0n) is 14.0. The predicted octanol–water partition coefficient (Wildman–Crippen LogP) is 2.33. The molecule has 0 radical (unpaired) electrons. The van der Waals surface area contributed by atoms with Crippen LogP contribution < -0.4 is 0 Å². The summed E-state index contributed by atoms with van der Waals surface area (Å²) in [6.07, 6.45) is 5.83. The van der Waals surface area contributed by atoms with Crippen molar-refractivity contribution in [3.8, 4) is 0 Å². The lowest BCUT2D eigenvalue weighted by molar-refractivity contribution is -0.200. The highest BCUT2D eigenvalue weighted by Gasteiger charge is 2.47. The fourth-order valence-corrected chi connectivity index (χ4v) is 3.65. The van der Waals surface area contributed by atoms with Crippen molar-refractivity contribution in [3.63, 3.8) is 0 Å². The van der Waals surface area contributed by atoms with Crippen molar-refractivity contribution in [2.75, 3.05) is 19.7 Å². The summed E-state index contributed by atoms with van der Waals surface area (Å²) in [5, 5.41) is 4.06. The molecule has 4 rings (SSSR count). The van der Waals surface area contributed by atoms with Gasteiger partial charge < -0.3 is 14.0 Å². The van der Waals surface area contributed by atoms with Gasteiger partial charge in [-0.05, 0) is 25.0 Å². The van der Waals surface area contributed by atoms with Crippen molar-refractivity contribution in [1.82, 2.24) is 15.0 Å². The second-order valence-electron chi connectivity index (χ2n) is 6.89. The maximum atomic E-state index is 6.09. The molecule has 0 bridgehead atoms. The molecule has 2 aliphatic rings. The van der Waals surface area contributed by atoms with E-state index in [9.17, 15) is 0 Å². The summed E-state index contributed by atoms with van der Waals surface area (Å²) in [6, 6.07) is 5.99. The first-order valence-corrected chi connectivity index (χ1v) is 8.50. The second kappa shape index (κ2) is 6.63. The van der Waals surface area contributed by atoms with Crippen molar-refractivity contribution in [2.24, 2.45) is 0 Å². The number of aryl methyl sites for hydroxylation is 1. The number of rotatable bonds is 5. The van der Waals surface area contributed by atoms with Gasteiger partial charge in [0.2, 0.25) is 0 Å². The predicted molar refractivity (Wildman–Crippen MR) is 87.2 cm³/mol. The molecule has 2 aromatic rings. The third kappa shape index (κ3) is 3.50. The van der Waals surface area contributed by atoms with E-state index in [2.05, 4.69) is 15.0 Å². The first kappa shape index (κ1) is 15.7. The lowest BCUT2D eigenvalue weighted by Gasteiger charge is -2.53. The molecule has 2 aliphatic heterocycles. The zero-order valence-corrected chi connectivity index (χ0v) is 14.0. The number of nitrogens with zero attached hydrogens (tertiary/aromatic N) is 3. The van der Waals surface area contributed by atoms with Gasteiger partial charge in [-0.1, -0.05) is 11.2 Å². The number of ether oxygens (including phenoxy) is 2. The van der Waals surface area contributed by atoms with Crippen LogP contribution >= 0.6 is 0 Å². The molecule has 0 saturated carbocycles. The van der Waals surface area contributed by atoms with Crippen LogP contribution in [0, 0.1) is 6.92 Å². The molecule has 2 fully saturated rings. The lowest BCUT2D eigenvalue weighted by Crippen LogP contribution is -2.65. The van der Waals surface area contributed by atoms with Crippen LogP contribution in [0.3, 0.4) is 0 Å². The Labute approximate surface area is 141 Å². The van der Waals surface area contributed by atoms with Crippen LogP contribution in [-0.2, 0) is 22.6 Å². The molecule has 2 aromatic heterocycles. The number of hydrogen-bond donors (Lipinski definition) is 0. The summed E-state index contributed by atoms with van der Waals surface area (Å²) in [6.45, 7) is 6.01. The summed E-state index contributed by atoms with van der Waals surface area (Å²) < 4.78 is 17.3. The SMILES string of the molecule is Cc1cc(CN2CC3(CC(OCc4cccnc4)CCO3)C2)no1. The van der Waals surface area contributed by atoms with Gasteiger partial charge in [-0.2, -0.15) is 0 Å². The third-order valence-electron chi connectivity index (χ3n) is 4.74. The molecule has 2 saturated heterocycles. The van der Waals surface area contributed by atoms with Crippen molar-refractivity contribution in [1.29, 1.82) is 0 Å². The van der Waals surface area contributed by atoms with Gasteiger partial charge in [0, 0.05) is 51.1 Å². The van der Waals surface area contributed by atoms with Crippen LogP contribution in [0.4, 0.5) is 0 Å². The molecule has 0 amide bonds. The van der Waals surface area contributed by atoms with Gasteiger partial charge in [-0.15, -0.1) is 0 Å². The number of pyridine rings is 1. The molecule has 6 heteroatoms. The van der Waals surface area contributed by atoms with E-state index in [1.807, 2.05) is 31.3 Å². The van der Waals surface area contributed by atoms with E-state index in [1.54, 1.807) is 6.20 Å². The third-order valence-corrected chi connectivity index (χ3v) is 4.74. The smallest absolute Gasteiger partial charge is 0.133 e. The van der Waals surface area contributed by atoms with Crippen LogP contribution in [0.15, 0.2) is 35.1 Å². The zero-order chi connectivity index (χ0) is 16.4. The normalized spacial score (nSPS) is 23.3. The molecule has 24 heavy (non-hydrogen) atoms. The molecule has 6 nitrogen and oxygen atoms in total. The number of aromatic nitrogens is 2. The summed E-state index contributed by atoms with van der Waals surface area (Å²) in [4.78, 5) is 6.48. The van der Waals surface area contributed by atoms with Crippen molar-refractivity contribution >= 4 is 0 Å². The minimum atomic E-state index is -0.0450. The summed E-state index contributed by atoms with van der Waals surface area (Å²) in [7, 11) is 0. The largest absolute Gasteiger partial charge is 0.373 e. The molecule has 0 aromatic carbocycles. The topological polar surface area (TPSA) is 60.6 Å². The van der Waals surface area contributed by atoms with Gasteiger partial charge in [0.25, 0.3) is 0 Å². The Kier molecular flexibility index (Phi) is 4.35. The van der Waals surface area contributed by atoms with Gasteiger partial charge in [0.05, 0.1) is 24.0 Å². The van der Waals surface area contributed by atoms with Crippen LogP contribution in [0.25, 0.3) is 0 Å². The highest BCUT2D eigenvalue weighted by atomic mass is 16.5. The van der Waals surface area contributed by atoms with E-state index < -0.39 is 0 Å². The van der Waals surface area contributed by atoms with E-state index in [4.69, 9.17) is 14.0 Å². The van der Waals surface area contributed by atoms with E-state index >= 15 is 0 Å². The molecule has 1 atom stereocenters. The first-order chi connectivity index (χ1) is 11.7. The standard InChI is InChI=1S/C18H23N3O3/c1-14-7-16(20-24-14)10-21-12-18(13-21)8-17(4-6-23-18)22-11-15-3-2-5-19-9-15/h2-3,5,7,9,17H,4,6,8,10-13H2,1H3. The van der Waals surface area contributed by atoms with Crippen molar-refractivity contribution < 1.29 is 14.0 Å². The molecule has 4 heterocycles. The number of likely N-dealkylation sites (tertiary alicyclic amines) is 1. The fraction of sp³-hybridized carbons (Fsp3) is 0.556. The number of hydrogen-bond acceptors (Lipinski definition) is 6. The van der Waals surface area contributed by atoms with Crippen molar-refractivity contribution in [3.05, 3.63) is 47.6 Å². The fourth-order valence-electron chi connectivity index (χ4n) is 3.65. The Balaban J connectivity index is 1.26. The first-order valence-electron chi connectivity index (χ1n) is 8.50. The minimum absolute atomic E-state index is 0.0450. The van der Waals surface area contributed by atoms with Crippen LogP contribution in [0.2, 0.25) is 0 Å². The molecule has 128 valence electrons. The van der Waals surface area contributed by atoms with Gasteiger partial charge in [0.15, 0.2) is 0 Å². The quantitative estimate of drug-likeness (QED) is 0.839. The Hall–Kier alpha value is -1.76. The second-order valence-corrected chi connectivity index (χ2v) is 6.89. The maximum absolute atomic E-state index is 6.09. The average Bonchev–Trinajstić information content (AvgIpc) is 2.98. The van der Waals surface area contributed by atoms with Gasteiger partial charge in [-0.25, -0.2) is 0 Å². The van der Waals surface area contributed by atoms with Crippen molar-refractivity contribution in [2.45, 2.75) is 44.6 Å². The molecule has 1 unspecified atom stereocenters. The molecule has 1 spiro atoms. The van der Waals surface area contributed by atoms with Gasteiger partial charge >= 0.3 is 0 Å². The Morgan fingerprint density at radius 3 is 3.08 bits per heavy atom. The Morgan fingerprint density at radius 1 is 1.42 bits per heavy atom. The Morgan fingerprint density at radius 2 is 2.33 bits per heavy atom. The highest BCUT2D eigenvalue weighted by molar-refractivity contribution is 5.09. The Bertz CT molecular complexity index is 667. The molecular weight excluding hydrogens is 306 g/mol. The van der Waals surface area contributed by atoms with Crippen LogP contribution in [-0.4, -0.2) is 46.4 Å². The van der Waals surface area contributed by atoms with E-state index in [0.29, 0.717) is 6.61 Å². The molecule has 0 N–H and O–H groups in total. The van der Waals surface area contributed by atoms with Gasteiger partial charge in [0.1, 0.15) is 5.76 Å².